The normalized spacial score (nSPS) is 12.1. The van der Waals surface area contributed by atoms with E-state index in [0.29, 0.717) is 29.1 Å². The molecule has 0 radical (unpaired) electrons. The molecule has 0 bridgehead atoms. The number of hydrogen-bond acceptors (Lipinski definition) is 10. The lowest BCUT2D eigenvalue weighted by molar-refractivity contribution is -0.149. The van der Waals surface area contributed by atoms with Crippen molar-refractivity contribution in [3.63, 3.8) is 0 Å². The van der Waals surface area contributed by atoms with Gasteiger partial charge in [0.1, 0.15) is 23.2 Å². The van der Waals surface area contributed by atoms with Crippen molar-refractivity contribution in [1.82, 2.24) is 34.0 Å². The number of rotatable bonds is 11. The van der Waals surface area contributed by atoms with Crippen LogP contribution in [0.2, 0.25) is 0 Å². The van der Waals surface area contributed by atoms with E-state index in [2.05, 4.69) is 25.0 Å². The standard InChI is InChI=1S/C36H32F2N8O7S/c1-20(2)53-35(49)28(16-21-6-10-24(11-7-21)46-34(48)30-32(41-19-44(30)3)45(4)36(46)50)42-33(47)29-26(37)17-23(18-27(29)38)43-54(51,52)25-12-8-22(9-13-25)31-39-14-5-15-40-31/h5-15,17-20,28,43H,16H2,1-4H3,(H,42,47)/t28-/m0/s1. The Balaban J connectivity index is 1.21. The van der Waals surface area contributed by atoms with Crippen LogP contribution in [0.15, 0.2) is 99.9 Å². The predicted octanol–water partition coefficient (Wildman–Crippen LogP) is 3.25. The maximum absolute atomic E-state index is 15.3. The lowest BCUT2D eigenvalue weighted by Gasteiger charge is -2.20. The first kappa shape index (κ1) is 37.2. The largest absolute Gasteiger partial charge is 0.461 e. The molecular weight excluding hydrogens is 727 g/mol. The predicted molar refractivity (Wildman–Crippen MR) is 192 cm³/mol. The van der Waals surface area contributed by atoms with Crippen molar-refractivity contribution < 1.29 is 31.5 Å². The van der Waals surface area contributed by atoms with Gasteiger partial charge in [0.2, 0.25) is 0 Å². The number of benzene rings is 3. The highest BCUT2D eigenvalue weighted by Crippen LogP contribution is 2.24. The number of carbonyl (C=O) groups is 2. The van der Waals surface area contributed by atoms with Crippen LogP contribution < -0.4 is 21.3 Å². The fourth-order valence-corrected chi connectivity index (χ4v) is 6.66. The molecule has 0 spiro atoms. The first-order chi connectivity index (χ1) is 25.6. The molecule has 0 saturated heterocycles. The van der Waals surface area contributed by atoms with Gasteiger partial charge in [0, 0.05) is 38.5 Å². The van der Waals surface area contributed by atoms with Gasteiger partial charge in [-0.3, -0.25) is 18.9 Å². The van der Waals surface area contributed by atoms with E-state index in [1.807, 2.05) is 0 Å². The van der Waals surface area contributed by atoms with Gasteiger partial charge in [0.05, 0.1) is 28.7 Å². The van der Waals surface area contributed by atoms with Crippen LogP contribution in [0, 0.1) is 11.6 Å². The van der Waals surface area contributed by atoms with Gasteiger partial charge in [-0.25, -0.2) is 46.3 Å². The number of fused-ring (bicyclic) bond motifs is 1. The number of carbonyl (C=O) groups excluding carboxylic acids is 2. The van der Waals surface area contributed by atoms with Gasteiger partial charge >= 0.3 is 11.7 Å². The summed E-state index contributed by atoms with van der Waals surface area (Å²) in [5.41, 5.74) is -1.18. The van der Waals surface area contributed by atoms with Gasteiger partial charge in [0.15, 0.2) is 17.0 Å². The number of ether oxygens (including phenoxy) is 1. The topological polar surface area (TPSA) is 189 Å². The van der Waals surface area contributed by atoms with E-state index in [9.17, 15) is 27.6 Å². The zero-order chi connectivity index (χ0) is 38.9. The molecule has 2 N–H and O–H groups in total. The first-order valence-electron chi connectivity index (χ1n) is 16.3. The Morgan fingerprint density at radius 3 is 2.15 bits per heavy atom. The summed E-state index contributed by atoms with van der Waals surface area (Å²) in [4.78, 5) is 64.8. The Morgan fingerprint density at radius 1 is 0.907 bits per heavy atom. The summed E-state index contributed by atoms with van der Waals surface area (Å²) < 4.78 is 67.8. The maximum Gasteiger partial charge on any atom is 0.337 e. The molecule has 3 heterocycles. The summed E-state index contributed by atoms with van der Waals surface area (Å²) in [6, 6.07) is 12.9. The van der Waals surface area contributed by atoms with Crippen LogP contribution >= 0.6 is 0 Å². The zero-order valence-electron chi connectivity index (χ0n) is 29.1. The second-order valence-electron chi connectivity index (χ2n) is 12.4. The van der Waals surface area contributed by atoms with Crippen molar-refractivity contribution >= 4 is 38.8 Å². The van der Waals surface area contributed by atoms with Crippen molar-refractivity contribution in [3.05, 3.63) is 129 Å². The third-order valence-corrected chi connectivity index (χ3v) is 9.60. The van der Waals surface area contributed by atoms with E-state index in [0.717, 1.165) is 4.57 Å². The van der Waals surface area contributed by atoms with Crippen molar-refractivity contribution in [2.45, 2.75) is 37.3 Å². The highest BCUT2D eigenvalue weighted by Gasteiger charge is 2.28. The number of amides is 1. The number of halogens is 2. The number of anilines is 1. The lowest BCUT2D eigenvalue weighted by atomic mass is 10.0. The molecule has 6 aromatic rings. The zero-order valence-corrected chi connectivity index (χ0v) is 30.0. The average Bonchev–Trinajstić information content (AvgIpc) is 3.52. The highest BCUT2D eigenvalue weighted by atomic mass is 32.2. The molecule has 0 saturated carbocycles. The Hall–Kier alpha value is -6.56. The molecule has 18 heteroatoms. The summed E-state index contributed by atoms with van der Waals surface area (Å²) >= 11 is 0. The van der Waals surface area contributed by atoms with Crippen LogP contribution in [0.4, 0.5) is 14.5 Å². The van der Waals surface area contributed by atoms with Gasteiger partial charge in [-0.1, -0.05) is 12.1 Å². The average molecular weight is 759 g/mol. The molecule has 1 atom stereocenters. The SMILES string of the molecule is CC(C)OC(=O)[C@H](Cc1ccc(-n2c(=O)c3c(ncn3C)n(C)c2=O)cc1)NC(=O)c1c(F)cc(NS(=O)(=O)c2ccc(-c3ncccn3)cc2)cc1F. The minimum Gasteiger partial charge on any atom is -0.461 e. The number of aromatic nitrogens is 6. The maximum atomic E-state index is 15.3. The van der Waals surface area contributed by atoms with Crippen LogP contribution in [-0.2, 0) is 40.1 Å². The molecule has 0 aliphatic heterocycles. The smallest absolute Gasteiger partial charge is 0.337 e. The molecule has 0 aliphatic carbocycles. The van der Waals surface area contributed by atoms with E-state index < -0.39 is 68.2 Å². The number of esters is 1. The summed E-state index contributed by atoms with van der Waals surface area (Å²) in [5.74, 6) is -4.64. The van der Waals surface area contributed by atoms with Crippen molar-refractivity contribution in [2.75, 3.05) is 4.72 Å². The number of aryl methyl sites for hydroxylation is 2. The van der Waals surface area contributed by atoms with E-state index in [1.54, 1.807) is 27.0 Å². The van der Waals surface area contributed by atoms with Crippen LogP contribution in [0.3, 0.4) is 0 Å². The molecular formula is C36H32F2N8O7S. The van der Waals surface area contributed by atoms with Gasteiger partial charge in [-0.2, -0.15) is 0 Å². The highest BCUT2D eigenvalue weighted by molar-refractivity contribution is 7.92. The minimum atomic E-state index is -4.32. The second kappa shape index (κ2) is 14.8. The lowest BCUT2D eigenvalue weighted by Crippen LogP contribution is -2.44. The van der Waals surface area contributed by atoms with Gasteiger partial charge in [-0.05, 0) is 74.0 Å². The minimum absolute atomic E-state index is 0.204. The molecule has 54 heavy (non-hydrogen) atoms. The van der Waals surface area contributed by atoms with E-state index >= 15 is 8.78 Å². The number of nitrogens with zero attached hydrogens (tertiary/aromatic N) is 6. The molecule has 0 aliphatic rings. The van der Waals surface area contributed by atoms with Crippen molar-refractivity contribution in [2.24, 2.45) is 14.1 Å². The molecule has 15 nitrogen and oxygen atoms in total. The van der Waals surface area contributed by atoms with E-state index in [4.69, 9.17) is 4.74 Å². The van der Waals surface area contributed by atoms with Crippen molar-refractivity contribution in [3.8, 4) is 17.1 Å². The molecule has 0 fully saturated rings. The molecule has 0 unspecified atom stereocenters. The number of nitrogens with one attached hydrogen (secondary N) is 2. The van der Waals surface area contributed by atoms with Gasteiger partial charge in [-0.15, -0.1) is 0 Å². The van der Waals surface area contributed by atoms with E-state index in [1.165, 1.54) is 83.4 Å². The van der Waals surface area contributed by atoms with Gasteiger partial charge in [0.25, 0.3) is 21.5 Å². The fourth-order valence-electron chi connectivity index (χ4n) is 5.62. The second-order valence-corrected chi connectivity index (χ2v) is 14.1. The summed E-state index contributed by atoms with van der Waals surface area (Å²) in [7, 11) is -1.22. The molecule has 6 rings (SSSR count). The van der Waals surface area contributed by atoms with Crippen LogP contribution in [0.5, 0.6) is 0 Å². The first-order valence-corrected chi connectivity index (χ1v) is 17.8. The molecule has 3 aromatic carbocycles. The Labute approximate surface area is 306 Å². The summed E-state index contributed by atoms with van der Waals surface area (Å²) in [6.07, 6.45) is 3.66. The summed E-state index contributed by atoms with van der Waals surface area (Å²) in [6.45, 7) is 3.15. The Bertz CT molecular complexity index is 2600. The Kier molecular flexibility index (Phi) is 10.2. The van der Waals surface area contributed by atoms with E-state index in [-0.39, 0.29) is 28.2 Å². The third-order valence-electron chi connectivity index (χ3n) is 8.21. The monoisotopic (exact) mass is 758 g/mol. The molecule has 3 aromatic heterocycles. The third kappa shape index (κ3) is 7.49. The fraction of sp³-hybridized carbons (Fsp3) is 0.194. The molecule has 1 amide bonds. The number of hydrogen-bond donors (Lipinski definition) is 2. The van der Waals surface area contributed by atoms with Crippen LogP contribution in [0.25, 0.3) is 28.2 Å². The molecule has 278 valence electrons. The Morgan fingerprint density at radius 2 is 1.54 bits per heavy atom. The van der Waals surface area contributed by atoms with Crippen LogP contribution in [-0.4, -0.2) is 61.1 Å². The number of imidazole rings is 1. The van der Waals surface area contributed by atoms with Crippen LogP contribution in [0.1, 0.15) is 29.8 Å². The van der Waals surface area contributed by atoms with Crippen molar-refractivity contribution in [1.29, 1.82) is 0 Å². The quantitative estimate of drug-likeness (QED) is 0.186. The summed E-state index contributed by atoms with van der Waals surface area (Å²) in [5, 5.41) is 2.32. The number of sulfonamides is 1. The van der Waals surface area contributed by atoms with Gasteiger partial charge < -0.3 is 14.6 Å².